The summed E-state index contributed by atoms with van der Waals surface area (Å²) in [5.74, 6) is 0.684. The topological polar surface area (TPSA) is 42.1 Å². The van der Waals surface area contributed by atoms with E-state index < -0.39 is 0 Å². The minimum atomic E-state index is 0.120. The van der Waals surface area contributed by atoms with Gasteiger partial charge in [-0.2, -0.15) is 0 Å². The molecule has 0 fully saturated rings. The number of pyridine rings is 1. The van der Waals surface area contributed by atoms with Crippen LogP contribution in [0.5, 0.6) is 5.88 Å². The second kappa shape index (κ2) is 4.48. The van der Waals surface area contributed by atoms with Crippen LogP contribution in [0.2, 0.25) is 0 Å². The molecule has 3 heteroatoms. The Morgan fingerprint density at radius 1 is 1.39 bits per heavy atom. The summed E-state index contributed by atoms with van der Waals surface area (Å²) in [6.07, 6.45) is 4.17. The average Bonchev–Trinajstić information content (AvgIpc) is 2.39. The van der Waals surface area contributed by atoms with E-state index in [1.165, 1.54) is 0 Å². The van der Waals surface area contributed by atoms with Crippen molar-refractivity contribution in [3.63, 3.8) is 0 Å². The van der Waals surface area contributed by atoms with Crippen molar-refractivity contribution in [2.75, 3.05) is 0 Å². The zero-order valence-corrected chi connectivity index (χ0v) is 10.5. The van der Waals surface area contributed by atoms with Gasteiger partial charge in [0.05, 0.1) is 11.1 Å². The number of ether oxygens (including phenoxy) is 1. The number of aromatic amines is 1. The van der Waals surface area contributed by atoms with E-state index in [0.717, 1.165) is 42.1 Å². The summed E-state index contributed by atoms with van der Waals surface area (Å²) < 4.78 is 5.91. The van der Waals surface area contributed by atoms with Crippen molar-refractivity contribution >= 4 is 10.9 Å². The van der Waals surface area contributed by atoms with Gasteiger partial charge in [-0.3, -0.25) is 4.79 Å². The molecule has 0 saturated heterocycles. The number of hydrogen-bond acceptors (Lipinski definition) is 2. The summed E-state index contributed by atoms with van der Waals surface area (Å²) in [5.41, 5.74) is 1.79. The first kappa shape index (κ1) is 11.3. The molecule has 1 aromatic heterocycles. The van der Waals surface area contributed by atoms with Gasteiger partial charge in [-0.05, 0) is 31.4 Å². The van der Waals surface area contributed by atoms with Crippen molar-refractivity contribution in [2.45, 2.75) is 38.7 Å². The second-order valence-electron chi connectivity index (χ2n) is 4.87. The highest BCUT2D eigenvalue weighted by molar-refractivity contribution is 5.79. The Morgan fingerprint density at radius 3 is 3.06 bits per heavy atom. The minimum Gasteiger partial charge on any atom is -0.475 e. The molecule has 0 amide bonds. The highest BCUT2D eigenvalue weighted by Gasteiger charge is 2.22. The van der Waals surface area contributed by atoms with Crippen LogP contribution >= 0.6 is 0 Å². The lowest BCUT2D eigenvalue weighted by atomic mass is 10.00. The van der Waals surface area contributed by atoms with Crippen molar-refractivity contribution in [1.29, 1.82) is 0 Å². The number of aromatic nitrogens is 1. The Morgan fingerprint density at radius 2 is 2.22 bits per heavy atom. The maximum atomic E-state index is 12.3. The molecule has 3 nitrogen and oxygen atoms in total. The molecular formula is C15H17NO2. The predicted molar refractivity (Wildman–Crippen MR) is 72.2 cm³/mol. The summed E-state index contributed by atoms with van der Waals surface area (Å²) in [4.78, 5) is 15.6. The molecule has 0 spiro atoms. The molecule has 2 heterocycles. The number of fused-ring (bicyclic) bond motifs is 2. The normalized spacial score (nSPS) is 18.4. The van der Waals surface area contributed by atoms with Crippen molar-refractivity contribution in [2.24, 2.45) is 0 Å². The van der Waals surface area contributed by atoms with E-state index in [-0.39, 0.29) is 11.5 Å². The number of para-hydroxylation sites is 1. The Hall–Kier alpha value is -1.77. The largest absolute Gasteiger partial charge is 0.475 e. The van der Waals surface area contributed by atoms with Crippen LogP contribution < -0.4 is 10.2 Å². The molecule has 1 aromatic carbocycles. The lowest BCUT2D eigenvalue weighted by Gasteiger charge is -2.25. The van der Waals surface area contributed by atoms with E-state index in [2.05, 4.69) is 11.9 Å². The summed E-state index contributed by atoms with van der Waals surface area (Å²) in [6.45, 7) is 2.15. The summed E-state index contributed by atoms with van der Waals surface area (Å²) in [5, 5.41) is 0.758. The maximum Gasteiger partial charge on any atom is 0.198 e. The molecule has 1 N–H and O–H groups in total. The lowest BCUT2D eigenvalue weighted by Crippen LogP contribution is -2.27. The van der Waals surface area contributed by atoms with Gasteiger partial charge in [0, 0.05) is 5.39 Å². The third-order valence-electron chi connectivity index (χ3n) is 3.58. The van der Waals surface area contributed by atoms with Crippen molar-refractivity contribution in [3.8, 4) is 5.88 Å². The molecule has 1 atom stereocenters. The van der Waals surface area contributed by atoms with Crippen LogP contribution in [-0.2, 0) is 6.42 Å². The van der Waals surface area contributed by atoms with Gasteiger partial charge in [0.2, 0.25) is 0 Å². The van der Waals surface area contributed by atoms with Crippen LogP contribution in [0.1, 0.15) is 31.7 Å². The SMILES string of the molecule is CCC[C@@H]1CCc2c([nH]c3ccccc3c2=O)O1. The van der Waals surface area contributed by atoms with Crippen LogP contribution in [0.25, 0.3) is 10.9 Å². The average molecular weight is 243 g/mol. The smallest absolute Gasteiger partial charge is 0.198 e. The molecule has 0 unspecified atom stereocenters. The van der Waals surface area contributed by atoms with E-state index in [1.54, 1.807) is 0 Å². The zero-order valence-electron chi connectivity index (χ0n) is 10.5. The molecular weight excluding hydrogens is 226 g/mol. The van der Waals surface area contributed by atoms with E-state index in [1.807, 2.05) is 24.3 Å². The zero-order chi connectivity index (χ0) is 12.5. The first-order chi connectivity index (χ1) is 8.79. The number of benzene rings is 1. The predicted octanol–water partition coefficient (Wildman–Crippen LogP) is 3.02. The van der Waals surface area contributed by atoms with Crippen LogP contribution in [0, 0.1) is 0 Å². The summed E-state index contributed by atoms with van der Waals surface area (Å²) in [6, 6.07) is 7.61. The highest BCUT2D eigenvalue weighted by Crippen LogP contribution is 2.26. The molecule has 1 aliphatic rings. The molecule has 0 bridgehead atoms. The van der Waals surface area contributed by atoms with Gasteiger partial charge in [-0.1, -0.05) is 25.5 Å². The fourth-order valence-corrected chi connectivity index (χ4v) is 2.64. The Bertz CT molecular complexity index is 630. The van der Waals surface area contributed by atoms with E-state index in [9.17, 15) is 4.79 Å². The highest BCUT2D eigenvalue weighted by atomic mass is 16.5. The number of rotatable bonds is 2. The third kappa shape index (κ3) is 1.80. The molecule has 0 radical (unpaired) electrons. The van der Waals surface area contributed by atoms with E-state index >= 15 is 0 Å². The molecule has 2 aromatic rings. The van der Waals surface area contributed by atoms with Gasteiger partial charge in [-0.25, -0.2) is 0 Å². The molecule has 94 valence electrons. The standard InChI is InChI=1S/C15H17NO2/c1-2-5-10-8-9-12-14(17)11-6-3-4-7-13(11)16-15(12)18-10/h3-4,6-7,10H,2,5,8-9H2,1H3,(H,16,17)/t10-/m1/s1. The second-order valence-corrected chi connectivity index (χ2v) is 4.87. The Balaban J connectivity index is 2.10. The fourth-order valence-electron chi connectivity index (χ4n) is 2.64. The molecule has 0 aliphatic carbocycles. The van der Waals surface area contributed by atoms with Gasteiger partial charge in [0.15, 0.2) is 11.3 Å². The van der Waals surface area contributed by atoms with Crippen LogP contribution in [-0.4, -0.2) is 11.1 Å². The summed E-state index contributed by atoms with van der Waals surface area (Å²) >= 11 is 0. The molecule has 3 rings (SSSR count). The van der Waals surface area contributed by atoms with Gasteiger partial charge in [-0.15, -0.1) is 0 Å². The lowest BCUT2D eigenvalue weighted by molar-refractivity contribution is 0.155. The fraction of sp³-hybridized carbons (Fsp3) is 0.400. The van der Waals surface area contributed by atoms with Gasteiger partial charge in [0.1, 0.15) is 6.10 Å². The summed E-state index contributed by atoms with van der Waals surface area (Å²) in [7, 11) is 0. The quantitative estimate of drug-likeness (QED) is 0.881. The van der Waals surface area contributed by atoms with Gasteiger partial charge < -0.3 is 9.72 Å². The molecule has 18 heavy (non-hydrogen) atoms. The van der Waals surface area contributed by atoms with Crippen LogP contribution in [0.15, 0.2) is 29.1 Å². The van der Waals surface area contributed by atoms with Crippen molar-refractivity contribution in [3.05, 3.63) is 40.1 Å². The van der Waals surface area contributed by atoms with Crippen molar-refractivity contribution < 1.29 is 4.74 Å². The molecule has 1 aliphatic heterocycles. The monoisotopic (exact) mass is 243 g/mol. The first-order valence-corrected chi connectivity index (χ1v) is 6.60. The first-order valence-electron chi connectivity index (χ1n) is 6.60. The van der Waals surface area contributed by atoms with E-state index in [4.69, 9.17) is 4.74 Å². The van der Waals surface area contributed by atoms with Gasteiger partial charge in [0.25, 0.3) is 0 Å². The van der Waals surface area contributed by atoms with Crippen molar-refractivity contribution in [1.82, 2.24) is 4.98 Å². The van der Waals surface area contributed by atoms with Gasteiger partial charge >= 0.3 is 0 Å². The number of nitrogens with one attached hydrogen (secondary N) is 1. The van der Waals surface area contributed by atoms with Crippen LogP contribution in [0.4, 0.5) is 0 Å². The Labute approximate surface area is 106 Å². The molecule has 0 saturated carbocycles. The van der Waals surface area contributed by atoms with Crippen LogP contribution in [0.3, 0.4) is 0 Å². The Kier molecular flexibility index (Phi) is 2.82. The number of H-pyrrole nitrogens is 1. The number of hydrogen-bond donors (Lipinski definition) is 1. The van der Waals surface area contributed by atoms with E-state index in [0.29, 0.717) is 5.88 Å². The maximum absolute atomic E-state index is 12.3. The minimum absolute atomic E-state index is 0.120. The third-order valence-corrected chi connectivity index (χ3v) is 3.58.